The van der Waals surface area contributed by atoms with Crippen molar-refractivity contribution in [3.05, 3.63) is 0 Å². The molecule has 2 aliphatic rings. The van der Waals surface area contributed by atoms with E-state index in [1.165, 1.54) is 0 Å². The SMILES string of the molecule is CC(C)N1CCO[C@@H](CN(C(C)C)C2CC(OC(C)(C)C)C2)C1. The molecule has 1 heterocycles. The number of nitrogens with zero attached hydrogens (tertiary/aromatic N) is 2. The van der Waals surface area contributed by atoms with Crippen molar-refractivity contribution in [1.29, 1.82) is 0 Å². The van der Waals surface area contributed by atoms with Crippen LogP contribution in [0.15, 0.2) is 0 Å². The van der Waals surface area contributed by atoms with Crippen LogP contribution in [0.4, 0.5) is 0 Å². The second-order valence-electron chi connectivity index (χ2n) is 8.85. The van der Waals surface area contributed by atoms with E-state index in [2.05, 4.69) is 58.3 Å². The zero-order chi connectivity index (χ0) is 17.2. The lowest BCUT2D eigenvalue weighted by atomic mass is 9.86. The van der Waals surface area contributed by atoms with Gasteiger partial charge in [-0.25, -0.2) is 0 Å². The first-order chi connectivity index (χ1) is 10.7. The summed E-state index contributed by atoms with van der Waals surface area (Å²) in [7, 11) is 0. The maximum atomic E-state index is 6.11. The molecule has 4 heteroatoms. The number of hydrogen-bond donors (Lipinski definition) is 0. The van der Waals surface area contributed by atoms with Gasteiger partial charge < -0.3 is 9.47 Å². The Hall–Kier alpha value is -0.160. The molecule has 1 saturated heterocycles. The zero-order valence-electron chi connectivity index (χ0n) is 16.3. The molecule has 1 saturated carbocycles. The summed E-state index contributed by atoms with van der Waals surface area (Å²) in [5.74, 6) is 0. The van der Waals surface area contributed by atoms with Crippen molar-refractivity contribution in [3.63, 3.8) is 0 Å². The molecule has 0 aromatic carbocycles. The highest BCUT2D eigenvalue weighted by molar-refractivity contribution is 4.92. The average Bonchev–Trinajstić information content (AvgIpc) is 2.39. The van der Waals surface area contributed by atoms with Crippen molar-refractivity contribution >= 4 is 0 Å². The topological polar surface area (TPSA) is 24.9 Å². The third kappa shape index (κ3) is 5.70. The van der Waals surface area contributed by atoms with E-state index >= 15 is 0 Å². The standard InChI is InChI=1S/C19H38N2O2/c1-14(2)20-8-9-22-18(12-20)13-21(15(3)4)16-10-17(11-16)23-19(5,6)7/h14-18H,8-13H2,1-7H3/t16?,17?,18-/m1/s1. The molecule has 0 N–H and O–H groups in total. The number of morpholine rings is 1. The minimum absolute atomic E-state index is 0.0253. The minimum atomic E-state index is -0.0253. The Labute approximate surface area is 143 Å². The first-order valence-electron chi connectivity index (χ1n) is 9.45. The minimum Gasteiger partial charge on any atom is -0.374 e. The van der Waals surface area contributed by atoms with Crippen LogP contribution in [-0.4, -0.2) is 72.0 Å². The molecule has 0 aromatic rings. The van der Waals surface area contributed by atoms with Gasteiger partial charge in [-0.1, -0.05) is 0 Å². The summed E-state index contributed by atoms with van der Waals surface area (Å²) in [5, 5.41) is 0. The lowest BCUT2D eigenvalue weighted by Gasteiger charge is -2.48. The second kappa shape index (κ2) is 7.81. The Balaban J connectivity index is 1.83. The molecule has 0 spiro atoms. The number of hydrogen-bond acceptors (Lipinski definition) is 4. The fraction of sp³-hybridized carbons (Fsp3) is 1.00. The van der Waals surface area contributed by atoms with Gasteiger partial charge in [0.1, 0.15) is 0 Å². The van der Waals surface area contributed by atoms with E-state index in [1.807, 2.05) is 0 Å². The lowest BCUT2D eigenvalue weighted by molar-refractivity contribution is -0.132. The van der Waals surface area contributed by atoms with Gasteiger partial charge in [0.25, 0.3) is 0 Å². The Morgan fingerprint density at radius 1 is 1.17 bits per heavy atom. The lowest BCUT2D eigenvalue weighted by Crippen LogP contribution is -2.57. The zero-order valence-corrected chi connectivity index (χ0v) is 16.3. The van der Waals surface area contributed by atoms with Gasteiger partial charge in [-0.2, -0.15) is 0 Å². The van der Waals surface area contributed by atoms with Crippen molar-refractivity contribution in [3.8, 4) is 0 Å². The normalized spacial score (nSPS) is 30.3. The second-order valence-corrected chi connectivity index (χ2v) is 8.85. The predicted molar refractivity (Wildman–Crippen MR) is 95.9 cm³/mol. The summed E-state index contributed by atoms with van der Waals surface area (Å²) >= 11 is 0. The van der Waals surface area contributed by atoms with Crippen LogP contribution < -0.4 is 0 Å². The fourth-order valence-electron chi connectivity index (χ4n) is 3.74. The van der Waals surface area contributed by atoms with E-state index in [-0.39, 0.29) is 5.60 Å². The van der Waals surface area contributed by atoms with Crippen LogP contribution in [0.2, 0.25) is 0 Å². The van der Waals surface area contributed by atoms with Crippen LogP contribution in [0.25, 0.3) is 0 Å². The molecular formula is C19H38N2O2. The molecule has 23 heavy (non-hydrogen) atoms. The van der Waals surface area contributed by atoms with Gasteiger partial charge in [-0.3, -0.25) is 9.80 Å². The summed E-state index contributed by atoms with van der Waals surface area (Å²) < 4.78 is 12.2. The summed E-state index contributed by atoms with van der Waals surface area (Å²) in [4.78, 5) is 5.18. The summed E-state index contributed by atoms with van der Waals surface area (Å²) in [5.41, 5.74) is -0.0253. The molecule has 0 aromatic heterocycles. The van der Waals surface area contributed by atoms with E-state index in [1.54, 1.807) is 0 Å². The highest BCUT2D eigenvalue weighted by Gasteiger charge is 2.38. The van der Waals surface area contributed by atoms with Gasteiger partial charge in [0.2, 0.25) is 0 Å². The van der Waals surface area contributed by atoms with Crippen LogP contribution in [0.5, 0.6) is 0 Å². The van der Waals surface area contributed by atoms with E-state index in [9.17, 15) is 0 Å². The number of ether oxygens (including phenoxy) is 2. The molecule has 136 valence electrons. The van der Waals surface area contributed by atoms with E-state index in [4.69, 9.17) is 9.47 Å². The molecule has 4 nitrogen and oxygen atoms in total. The van der Waals surface area contributed by atoms with Gasteiger partial charge in [0.05, 0.1) is 24.4 Å². The van der Waals surface area contributed by atoms with Gasteiger partial charge in [-0.05, 0) is 61.3 Å². The van der Waals surface area contributed by atoms with Gasteiger partial charge >= 0.3 is 0 Å². The van der Waals surface area contributed by atoms with Gasteiger partial charge in [0, 0.05) is 37.8 Å². The molecular weight excluding hydrogens is 288 g/mol. The van der Waals surface area contributed by atoms with Crippen molar-refractivity contribution in [2.45, 2.75) is 97.2 Å². The molecule has 1 atom stereocenters. The highest BCUT2D eigenvalue weighted by atomic mass is 16.5. The maximum absolute atomic E-state index is 6.11. The molecule has 1 aliphatic carbocycles. The largest absolute Gasteiger partial charge is 0.374 e. The highest BCUT2D eigenvalue weighted by Crippen LogP contribution is 2.33. The molecule has 1 aliphatic heterocycles. The molecule has 2 rings (SSSR count). The van der Waals surface area contributed by atoms with E-state index < -0.39 is 0 Å². The van der Waals surface area contributed by atoms with Crippen molar-refractivity contribution in [1.82, 2.24) is 9.80 Å². The van der Waals surface area contributed by atoms with Crippen molar-refractivity contribution in [2.75, 3.05) is 26.2 Å². The van der Waals surface area contributed by atoms with Gasteiger partial charge in [-0.15, -0.1) is 0 Å². The molecule has 0 amide bonds. The first-order valence-corrected chi connectivity index (χ1v) is 9.45. The Kier molecular flexibility index (Phi) is 6.51. The quantitative estimate of drug-likeness (QED) is 0.748. The van der Waals surface area contributed by atoms with E-state index in [0.29, 0.717) is 30.3 Å². The van der Waals surface area contributed by atoms with Crippen molar-refractivity contribution < 1.29 is 9.47 Å². The predicted octanol–water partition coefficient (Wildman–Crippen LogP) is 3.15. The fourth-order valence-corrected chi connectivity index (χ4v) is 3.74. The first kappa shape index (κ1) is 19.2. The van der Waals surface area contributed by atoms with E-state index in [0.717, 1.165) is 39.1 Å². The summed E-state index contributed by atoms with van der Waals surface area (Å²) in [6, 6.07) is 1.83. The molecule has 0 unspecified atom stereocenters. The smallest absolute Gasteiger partial charge is 0.0829 e. The maximum Gasteiger partial charge on any atom is 0.0829 e. The van der Waals surface area contributed by atoms with Crippen molar-refractivity contribution in [2.24, 2.45) is 0 Å². The molecule has 2 fully saturated rings. The summed E-state index contributed by atoms with van der Waals surface area (Å²) in [6.45, 7) is 19.7. The van der Waals surface area contributed by atoms with Crippen LogP contribution >= 0.6 is 0 Å². The Morgan fingerprint density at radius 2 is 1.83 bits per heavy atom. The van der Waals surface area contributed by atoms with Gasteiger partial charge in [0.15, 0.2) is 0 Å². The molecule has 0 bridgehead atoms. The Bertz CT molecular complexity index is 359. The number of rotatable bonds is 6. The average molecular weight is 327 g/mol. The van der Waals surface area contributed by atoms with Crippen LogP contribution in [0, 0.1) is 0 Å². The summed E-state index contributed by atoms with van der Waals surface area (Å²) in [6.07, 6.45) is 3.10. The van der Waals surface area contributed by atoms with Crippen LogP contribution in [0.3, 0.4) is 0 Å². The Morgan fingerprint density at radius 3 is 2.35 bits per heavy atom. The van der Waals surface area contributed by atoms with Crippen LogP contribution in [0.1, 0.15) is 61.3 Å². The molecule has 0 radical (unpaired) electrons. The van der Waals surface area contributed by atoms with Crippen LogP contribution in [-0.2, 0) is 9.47 Å². The third-order valence-corrected chi connectivity index (χ3v) is 5.04. The third-order valence-electron chi connectivity index (χ3n) is 5.04. The monoisotopic (exact) mass is 326 g/mol.